The number of furan rings is 1. The summed E-state index contributed by atoms with van der Waals surface area (Å²) in [6, 6.07) is 12.6. The molecule has 178 valence electrons. The van der Waals surface area contributed by atoms with Gasteiger partial charge in [-0.25, -0.2) is 13.2 Å². The number of amides is 1. The Bertz CT molecular complexity index is 1320. The van der Waals surface area contributed by atoms with Crippen molar-refractivity contribution in [3.63, 3.8) is 0 Å². The van der Waals surface area contributed by atoms with E-state index in [1.807, 2.05) is 0 Å². The first kappa shape index (κ1) is 24.5. The van der Waals surface area contributed by atoms with Crippen molar-refractivity contribution < 1.29 is 36.8 Å². The van der Waals surface area contributed by atoms with Gasteiger partial charge in [0, 0.05) is 17.7 Å². The molecule has 0 bridgehead atoms. The number of nitro groups is 1. The van der Waals surface area contributed by atoms with Gasteiger partial charge in [-0.1, -0.05) is 18.2 Å². The normalized spacial score (nSPS) is 11.9. The highest BCUT2D eigenvalue weighted by molar-refractivity contribution is 7.90. The molecule has 1 N–H and O–H groups in total. The lowest BCUT2D eigenvalue weighted by Gasteiger charge is -2.15. The number of benzene rings is 2. The lowest BCUT2D eigenvalue weighted by molar-refractivity contribution is -0.384. The van der Waals surface area contributed by atoms with Gasteiger partial charge in [-0.2, -0.15) is 0 Å². The number of rotatable bonds is 9. The number of carbonyl (C=O) groups excluding carboxylic acids is 2. The molecule has 1 unspecified atom stereocenters. The third-order valence-corrected chi connectivity index (χ3v) is 6.37. The zero-order chi connectivity index (χ0) is 24.9. The average Bonchev–Trinajstić information content (AvgIpc) is 3.27. The van der Waals surface area contributed by atoms with E-state index < -0.39 is 38.5 Å². The van der Waals surface area contributed by atoms with Gasteiger partial charge in [0.05, 0.1) is 34.6 Å². The Morgan fingerprint density at radius 2 is 1.85 bits per heavy atom. The molecule has 0 fully saturated rings. The molecule has 0 aliphatic heterocycles. The number of ether oxygens (including phenoxy) is 2. The smallest absolute Gasteiger partial charge is 0.375 e. The van der Waals surface area contributed by atoms with Crippen LogP contribution in [0.3, 0.4) is 0 Å². The topological polar surface area (TPSA) is 155 Å². The van der Waals surface area contributed by atoms with Crippen molar-refractivity contribution in [1.29, 1.82) is 0 Å². The van der Waals surface area contributed by atoms with Gasteiger partial charge in [-0.3, -0.25) is 14.9 Å². The van der Waals surface area contributed by atoms with Crippen molar-refractivity contribution >= 4 is 33.1 Å². The van der Waals surface area contributed by atoms with Gasteiger partial charge in [-0.05, 0) is 31.2 Å². The Hall–Kier alpha value is -4.19. The van der Waals surface area contributed by atoms with E-state index in [1.165, 1.54) is 44.4 Å². The zero-order valence-corrected chi connectivity index (χ0v) is 18.9. The predicted molar refractivity (Wildman–Crippen MR) is 119 cm³/mol. The Kier molecular flexibility index (Phi) is 7.31. The van der Waals surface area contributed by atoms with E-state index in [2.05, 4.69) is 5.32 Å². The molecule has 1 amide bonds. The lowest BCUT2D eigenvalue weighted by atomic mass is 10.2. The first-order chi connectivity index (χ1) is 16.1. The lowest BCUT2D eigenvalue weighted by Crippen LogP contribution is -2.30. The molecule has 0 saturated carbocycles. The molecule has 3 aromatic rings. The quantitative estimate of drug-likeness (QED) is 0.271. The minimum atomic E-state index is -3.76. The Morgan fingerprint density at radius 1 is 1.15 bits per heavy atom. The Balaban J connectivity index is 1.71. The Labute approximate surface area is 194 Å². The fourth-order valence-corrected chi connectivity index (χ4v) is 4.33. The summed E-state index contributed by atoms with van der Waals surface area (Å²) in [7, 11) is -2.44. The molecular formula is C22H20N2O9S. The molecule has 34 heavy (non-hydrogen) atoms. The molecule has 0 saturated heterocycles. The summed E-state index contributed by atoms with van der Waals surface area (Å²) < 4.78 is 40.6. The Morgan fingerprint density at radius 3 is 2.50 bits per heavy atom. The molecule has 0 spiro atoms. The number of nitrogens with one attached hydrogen (secondary N) is 1. The van der Waals surface area contributed by atoms with Gasteiger partial charge < -0.3 is 19.2 Å². The van der Waals surface area contributed by atoms with Crippen LogP contribution in [0, 0.1) is 10.1 Å². The van der Waals surface area contributed by atoms with Crippen LogP contribution in [0.25, 0.3) is 0 Å². The SMILES string of the molecule is COc1ccc([N+](=O)[O-])cc1NC(=O)C(C)OC(=O)c1occc1CS(=O)(=O)c1ccccc1. The van der Waals surface area contributed by atoms with Crippen molar-refractivity contribution in [3.05, 3.63) is 82.3 Å². The van der Waals surface area contributed by atoms with Gasteiger partial charge in [0.25, 0.3) is 11.6 Å². The van der Waals surface area contributed by atoms with Crippen LogP contribution in [0.15, 0.2) is 70.2 Å². The number of hydrogen-bond donors (Lipinski definition) is 1. The molecule has 1 aromatic heterocycles. The monoisotopic (exact) mass is 488 g/mol. The summed E-state index contributed by atoms with van der Waals surface area (Å²) in [4.78, 5) is 35.5. The van der Waals surface area contributed by atoms with E-state index in [4.69, 9.17) is 13.9 Å². The van der Waals surface area contributed by atoms with Crippen molar-refractivity contribution in [1.82, 2.24) is 0 Å². The average molecular weight is 488 g/mol. The molecule has 1 heterocycles. The molecule has 2 aromatic carbocycles. The van der Waals surface area contributed by atoms with Crippen LogP contribution < -0.4 is 10.1 Å². The molecule has 3 rings (SSSR count). The highest BCUT2D eigenvalue weighted by Gasteiger charge is 2.27. The number of sulfone groups is 1. The van der Waals surface area contributed by atoms with Crippen LogP contribution in [-0.4, -0.2) is 38.4 Å². The molecule has 0 aliphatic rings. The van der Waals surface area contributed by atoms with Crippen LogP contribution in [0.2, 0.25) is 0 Å². The second-order valence-electron chi connectivity index (χ2n) is 7.03. The van der Waals surface area contributed by atoms with Crippen LogP contribution >= 0.6 is 0 Å². The van der Waals surface area contributed by atoms with Crippen LogP contribution in [0.1, 0.15) is 23.0 Å². The first-order valence-electron chi connectivity index (χ1n) is 9.81. The summed E-state index contributed by atoms with van der Waals surface area (Å²) in [5.74, 6) is -2.54. The van der Waals surface area contributed by atoms with E-state index >= 15 is 0 Å². The highest BCUT2D eigenvalue weighted by atomic mass is 32.2. The van der Waals surface area contributed by atoms with Gasteiger partial charge in [-0.15, -0.1) is 0 Å². The largest absolute Gasteiger partial charge is 0.495 e. The number of nitro benzene ring substituents is 1. The minimum Gasteiger partial charge on any atom is -0.495 e. The molecule has 0 radical (unpaired) electrons. The van der Waals surface area contributed by atoms with E-state index in [9.17, 15) is 28.1 Å². The van der Waals surface area contributed by atoms with Crippen molar-refractivity contribution in [2.45, 2.75) is 23.7 Å². The third kappa shape index (κ3) is 5.59. The van der Waals surface area contributed by atoms with Crippen molar-refractivity contribution in [2.75, 3.05) is 12.4 Å². The van der Waals surface area contributed by atoms with Crippen LogP contribution in [0.5, 0.6) is 5.75 Å². The number of methoxy groups -OCH3 is 1. The molecule has 0 aliphatic carbocycles. The van der Waals surface area contributed by atoms with E-state index in [0.717, 1.165) is 12.3 Å². The van der Waals surface area contributed by atoms with Crippen molar-refractivity contribution in [2.24, 2.45) is 0 Å². The summed E-state index contributed by atoms with van der Waals surface area (Å²) in [5.41, 5.74) is -0.195. The molecule has 1 atom stereocenters. The fourth-order valence-electron chi connectivity index (χ4n) is 2.95. The summed E-state index contributed by atoms with van der Waals surface area (Å²) in [6.07, 6.45) is -0.203. The molecule has 12 heteroatoms. The number of nitrogens with zero attached hydrogens (tertiary/aromatic N) is 1. The number of anilines is 1. The number of esters is 1. The second-order valence-corrected chi connectivity index (χ2v) is 9.02. The summed E-state index contributed by atoms with van der Waals surface area (Å²) in [6.45, 7) is 1.28. The van der Waals surface area contributed by atoms with Crippen LogP contribution in [-0.2, 0) is 25.1 Å². The third-order valence-electron chi connectivity index (χ3n) is 4.68. The van der Waals surface area contributed by atoms with Gasteiger partial charge in [0.15, 0.2) is 15.9 Å². The highest BCUT2D eigenvalue weighted by Crippen LogP contribution is 2.29. The maximum atomic E-state index is 12.6. The van der Waals surface area contributed by atoms with E-state index in [-0.39, 0.29) is 33.3 Å². The maximum absolute atomic E-state index is 12.6. The second kappa shape index (κ2) is 10.2. The van der Waals surface area contributed by atoms with Gasteiger partial charge >= 0.3 is 5.97 Å². The summed E-state index contributed by atoms with van der Waals surface area (Å²) in [5, 5.41) is 13.4. The van der Waals surface area contributed by atoms with Crippen LogP contribution in [0.4, 0.5) is 11.4 Å². The minimum absolute atomic E-state index is 0.0113. The predicted octanol–water partition coefficient (Wildman–Crippen LogP) is 3.35. The van der Waals surface area contributed by atoms with Crippen molar-refractivity contribution in [3.8, 4) is 5.75 Å². The van der Waals surface area contributed by atoms with Gasteiger partial charge in [0.1, 0.15) is 5.75 Å². The number of hydrogen-bond acceptors (Lipinski definition) is 9. The zero-order valence-electron chi connectivity index (χ0n) is 18.1. The maximum Gasteiger partial charge on any atom is 0.375 e. The number of non-ortho nitro benzene ring substituents is 1. The standard InChI is InChI=1S/C22H20N2O9S/c1-14(21(25)23-18-12-16(24(27)28)8-9-19(18)31-2)33-22(26)20-15(10-11-32-20)13-34(29,30)17-6-4-3-5-7-17/h3-12,14H,13H2,1-2H3,(H,23,25). The van der Waals surface area contributed by atoms with E-state index in [0.29, 0.717) is 0 Å². The fraction of sp³-hybridized carbons (Fsp3) is 0.182. The number of carbonyl (C=O) groups is 2. The van der Waals surface area contributed by atoms with Gasteiger partial charge in [0.2, 0.25) is 5.76 Å². The molecule has 11 nitrogen and oxygen atoms in total. The molecular weight excluding hydrogens is 468 g/mol. The first-order valence-corrected chi connectivity index (χ1v) is 11.5. The summed E-state index contributed by atoms with van der Waals surface area (Å²) >= 11 is 0. The van der Waals surface area contributed by atoms with E-state index in [1.54, 1.807) is 18.2 Å².